The molecule has 0 aromatic heterocycles. The topological polar surface area (TPSA) is 43.4 Å². The second-order valence-electron chi connectivity index (χ2n) is 8.60. The molecule has 0 bridgehead atoms. The lowest BCUT2D eigenvalue weighted by molar-refractivity contribution is -0.0211. The van der Waals surface area contributed by atoms with Crippen LogP contribution in [0.3, 0.4) is 0 Å². The summed E-state index contributed by atoms with van der Waals surface area (Å²) in [5.74, 6) is 3.39. The van der Waals surface area contributed by atoms with Crippen LogP contribution in [0.5, 0.6) is 23.0 Å². The number of hydrogen-bond acceptors (Lipinski definition) is 6. The van der Waals surface area contributed by atoms with Gasteiger partial charge in [0.15, 0.2) is 23.0 Å². The number of hydrogen-bond donors (Lipinski definition) is 0. The molecule has 0 spiro atoms. The van der Waals surface area contributed by atoms with E-state index in [-0.39, 0.29) is 12.2 Å². The number of piperazine rings is 1. The second-order valence-corrected chi connectivity index (χ2v) is 8.60. The molecule has 1 fully saturated rings. The van der Waals surface area contributed by atoms with E-state index in [4.69, 9.17) is 18.9 Å². The Bertz CT molecular complexity index is 804. The molecule has 2 aromatic rings. The third-order valence-corrected chi connectivity index (χ3v) is 6.26. The van der Waals surface area contributed by atoms with Crippen molar-refractivity contribution in [3.05, 3.63) is 48.5 Å². The summed E-state index contributed by atoms with van der Waals surface area (Å²) in [4.78, 5) is 5.05. The Hall–Kier alpha value is -2.44. The van der Waals surface area contributed by atoms with Crippen molar-refractivity contribution >= 4 is 0 Å². The molecule has 30 heavy (non-hydrogen) atoms. The van der Waals surface area contributed by atoms with Crippen molar-refractivity contribution < 1.29 is 18.9 Å². The Morgan fingerprint density at radius 2 is 1.07 bits per heavy atom. The van der Waals surface area contributed by atoms with Crippen molar-refractivity contribution in [1.82, 2.24) is 9.80 Å². The standard InChI is InChI=1S/C24H30N2O4/c1-17-11-26(14-20-16-28-22-8-4-6-10-24(22)30-20)18(2)12-25(17)13-19-15-27-21-7-3-5-9-23(21)29-19/h3-10,17-20H,11-16H2,1-2H3/t17-,18+,19-,20-/m1/s1. The maximum Gasteiger partial charge on any atom is 0.161 e. The van der Waals surface area contributed by atoms with Gasteiger partial charge in [-0.3, -0.25) is 9.80 Å². The summed E-state index contributed by atoms with van der Waals surface area (Å²) >= 11 is 0. The largest absolute Gasteiger partial charge is 0.486 e. The molecule has 160 valence electrons. The van der Waals surface area contributed by atoms with Crippen LogP contribution in [-0.4, -0.2) is 73.5 Å². The van der Waals surface area contributed by atoms with Crippen molar-refractivity contribution in [3.63, 3.8) is 0 Å². The van der Waals surface area contributed by atoms with Crippen molar-refractivity contribution in [1.29, 1.82) is 0 Å². The predicted octanol–water partition coefficient (Wildman–Crippen LogP) is 3.06. The van der Waals surface area contributed by atoms with Gasteiger partial charge in [0.1, 0.15) is 25.4 Å². The van der Waals surface area contributed by atoms with E-state index >= 15 is 0 Å². The minimum atomic E-state index is 0.0627. The summed E-state index contributed by atoms with van der Waals surface area (Å²) in [6.45, 7) is 9.57. The predicted molar refractivity (Wildman–Crippen MR) is 115 cm³/mol. The summed E-state index contributed by atoms with van der Waals surface area (Å²) in [5, 5.41) is 0. The highest BCUT2D eigenvalue weighted by Crippen LogP contribution is 2.33. The number of ether oxygens (including phenoxy) is 4. The molecule has 0 amide bonds. The van der Waals surface area contributed by atoms with Crippen LogP contribution in [0.25, 0.3) is 0 Å². The van der Waals surface area contributed by atoms with Crippen LogP contribution in [0.1, 0.15) is 13.8 Å². The first-order valence-corrected chi connectivity index (χ1v) is 10.9. The molecular formula is C24H30N2O4. The average molecular weight is 411 g/mol. The summed E-state index contributed by atoms with van der Waals surface area (Å²) in [7, 11) is 0. The lowest BCUT2D eigenvalue weighted by Crippen LogP contribution is -2.60. The molecule has 0 unspecified atom stereocenters. The number of fused-ring (bicyclic) bond motifs is 2. The minimum Gasteiger partial charge on any atom is -0.486 e. The fraction of sp³-hybridized carbons (Fsp3) is 0.500. The third-order valence-electron chi connectivity index (χ3n) is 6.26. The van der Waals surface area contributed by atoms with Gasteiger partial charge in [-0.1, -0.05) is 24.3 Å². The molecule has 0 radical (unpaired) electrons. The number of rotatable bonds is 4. The van der Waals surface area contributed by atoms with Gasteiger partial charge in [-0.25, -0.2) is 0 Å². The van der Waals surface area contributed by atoms with Crippen molar-refractivity contribution in [2.24, 2.45) is 0 Å². The van der Waals surface area contributed by atoms with Gasteiger partial charge in [0.25, 0.3) is 0 Å². The number of para-hydroxylation sites is 4. The molecule has 0 aliphatic carbocycles. The van der Waals surface area contributed by atoms with E-state index in [1.165, 1.54) is 0 Å². The second kappa shape index (κ2) is 8.36. The summed E-state index contributed by atoms with van der Waals surface area (Å²) in [5.41, 5.74) is 0. The van der Waals surface area contributed by atoms with Gasteiger partial charge in [-0.2, -0.15) is 0 Å². The number of nitrogens with zero attached hydrogens (tertiary/aromatic N) is 2. The van der Waals surface area contributed by atoms with Gasteiger partial charge in [0, 0.05) is 38.3 Å². The SMILES string of the molecule is C[C@@H]1CN(C[C@@H]2COc3ccccc3O2)[C@@H](C)CN1C[C@@H]1COc2ccccc2O1. The van der Waals surface area contributed by atoms with Crippen LogP contribution >= 0.6 is 0 Å². The monoisotopic (exact) mass is 410 g/mol. The molecule has 3 aliphatic heterocycles. The van der Waals surface area contributed by atoms with Gasteiger partial charge < -0.3 is 18.9 Å². The number of benzene rings is 2. The summed E-state index contributed by atoms with van der Waals surface area (Å²) < 4.78 is 24.2. The highest BCUT2D eigenvalue weighted by molar-refractivity contribution is 5.41. The molecule has 0 saturated carbocycles. The maximum atomic E-state index is 6.18. The highest BCUT2D eigenvalue weighted by atomic mass is 16.6. The Labute approximate surface area is 178 Å². The highest BCUT2D eigenvalue weighted by Gasteiger charge is 2.34. The van der Waals surface area contributed by atoms with Crippen molar-refractivity contribution in [3.8, 4) is 23.0 Å². The molecule has 3 aliphatic rings. The first kappa shape index (κ1) is 19.5. The fourth-order valence-electron chi connectivity index (χ4n) is 4.61. The summed E-state index contributed by atoms with van der Waals surface area (Å²) in [6.07, 6.45) is 0.125. The van der Waals surface area contributed by atoms with E-state index in [0.29, 0.717) is 25.3 Å². The third kappa shape index (κ3) is 4.07. The minimum absolute atomic E-state index is 0.0627. The molecular weight excluding hydrogens is 380 g/mol. The quantitative estimate of drug-likeness (QED) is 0.772. The average Bonchev–Trinajstić information content (AvgIpc) is 2.77. The van der Waals surface area contributed by atoms with Crippen LogP contribution in [0.4, 0.5) is 0 Å². The van der Waals surface area contributed by atoms with Gasteiger partial charge >= 0.3 is 0 Å². The molecule has 4 atom stereocenters. The normalized spacial score (nSPS) is 28.9. The lowest BCUT2D eigenvalue weighted by atomic mass is 10.1. The van der Waals surface area contributed by atoms with Gasteiger partial charge in [-0.05, 0) is 38.1 Å². The van der Waals surface area contributed by atoms with E-state index in [2.05, 4.69) is 23.6 Å². The van der Waals surface area contributed by atoms with Gasteiger partial charge in [0.2, 0.25) is 0 Å². The Balaban J connectivity index is 1.16. The summed E-state index contributed by atoms with van der Waals surface area (Å²) in [6, 6.07) is 16.7. The van der Waals surface area contributed by atoms with E-state index < -0.39 is 0 Å². The van der Waals surface area contributed by atoms with Crippen LogP contribution in [-0.2, 0) is 0 Å². The van der Waals surface area contributed by atoms with Gasteiger partial charge in [-0.15, -0.1) is 0 Å². The van der Waals surface area contributed by atoms with Crippen LogP contribution in [0.2, 0.25) is 0 Å². The van der Waals surface area contributed by atoms with Crippen molar-refractivity contribution in [2.45, 2.75) is 38.1 Å². The smallest absolute Gasteiger partial charge is 0.161 e. The molecule has 6 nitrogen and oxygen atoms in total. The zero-order valence-corrected chi connectivity index (χ0v) is 17.7. The molecule has 1 saturated heterocycles. The Morgan fingerprint density at radius 1 is 0.667 bits per heavy atom. The zero-order chi connectivity index (χ0) is 20.5. The first-order valence-electron chi connectivity index (χ1n) is 10.9. The van der Waals surface area contributed by atoms with E-state index in [9.17, 15) is 0 Å². The van der Waals surface area contributed by atoms with E-state index in [1.54, 1.807) is 0 Å². The molecule has 0 N–H and O–H groups in total. The molecule has 5 rings (SSSR count). The lowest BCUT2D eigenvalue weighted by Gasteiger charge is -2.46. The van der Waals surface area contributed by atoms with Crippen LogP contribution in [0, 0.1) is 0 Å². The van der Waals surface area contributed by atoms with Crippen LogP contribution < -0.4 is 18.9 Å². The van der Waals surface area contributed by atoms with Crippen molar-refractivity contribution in [2.75, 3.05) is 39.4 Å². The van der Waals surface area contributed by atoms with E-state index in [1.807, 2.05) is 48.5 Å². The molecule has 6 heteroatoms. The first-order chi connectivity index (χ1) is 14.7. The Morgan fingerprint density at radius 3 is 1.50 bits per heavy atom. The van der Waals surface area contributed by atoms with E-state index in [0.717, 1.165) is 49.2 Å². The zero-order valence-electron chi connectivity index (χ0n) is 17.7. The van der Waals surface area contributed by atoms with Gasteiger partial charge in [0.05, 0.1) is 0 Å². The molecule has 2 aromatic carbocycles. The van der Waals surface area contributed by atoms with Crippen LogP contribution in [0.15, 0.2) is 48.5 Å². The maximum absolute atomic E-state index is 6.18. The Kier molecular flexibility index (Phi) is 5.44. The fourth-order valence-corrected chi connectivity index (χ4v) is 4.61. The molecule has 3 heterocycles.